The molecule has 0 saturated heterocycles. The molecule has 0 fully saturated rings. The summed E-state index contributed by atoms with van der Waals surface area (Å²) in [5.41, 5.74) is 1.75. The zero-order valence-electron chi connectivity index (χ0n) is 14.0. The van der Waals surface area contributed by atoms with E-state index in [4.69, 9.17) is 9.47 Å². The first-order chi connectivity index (χ1) is 12.5. The molecular formula is C18H16BrNO5S. The molecule has 1 aliphatic rings. The van der Waals surface area contributed by atoms with Gasteiger partial charge in [-0.25, -0.2) is 4.79 Å². The fourth-order valence-electron chi connectivity index (χ4n) is 2.86. The average molecular weight is 438 g/mol. The number of carbonyl (C=O) groups is 3. The van der Waals surface area contributed by atoms with Crippen molar-refractivity contribution < 1.29 is 23.9 Å². The van der Waals surface area contributed by atoms with Crippen molar-refractivity contribution in [2.75, 3.05) is 19.0 Å². The summed E-state index contributed by atoms with van der Waals surface area (Å²) in [6.45, 7) is -0.272. The number of benzene rings is 1. The largest absolute Gasteiger partial charge is 0.483 e. The van der Waals surface area contributed by atoms with Crippen LogP contribution in [0.2, 0.25) is 0 Å². The van der Waals surface area contributed by atoms with Crippen molar-refractivity contribution in [3.8, 4) is 5.75 Å². The predicted octanol–water partition coefficient (Wildman–Crippen LogP) is 3.62. The molecule has 6 nitrogen and oxygen atoms in total. The average Bonchev–Trinajstić information content (AvgIpc) is 3.20. The Balaban J connectivity index is 1.71. The standard InChI is InChI=1S/C18H16BrNO5S/c1-24-18(23)16-12-3-2-4-14(12)26-17(16)20-15(22)9-25-13-6-5-11(19)7-10(13)8-21/h5-8H,2-4,9H2,1H3,(H,20,22). The van der Waals surface area contributed by atoms with Crippen molar-refractivity contribution in [3.05, 3.63) is 44.2 Å². The topological polar surface area (TPSA) is 81.7 Å². The fraction of sp³-hybridized carbons (Fsp3) is 0.278. The van der Waals surface area contributed by atoms with E-state index in [2.05, 4.69) is 21.2 Å². The second-order valence-corrected chi connectivity index (χ2v) is 7.71. The first-order valence-electron chi connectivity index (χ1n) is 7.93. The molecule has 1 heterocycles. The van der Waals surface area contributed by atoms with Gasteiger partial charge >= 0.3 is 5.97 Å². The quantitative estimate of drug-likeness (QED) is 0.551. The maximum absolute atomic E-state index is 12.3. The molecule has 8 heteroatoms. The Morgan fingerprint density at radius 2 is 2.15 bits per heavy atom. The number of hydrogen-bond acceptors (Lipinski definition) is 6. The number of halogens is 1. The first kappa shape index (κ1) is 18.6. The summed E-state index contributed by atoms with van der Waals surface area (Å²) in [7, 11) is 1.32. The molecule has 0 unspecified atom stereocenters. The lowest BCUT2D eigenvalue weighted by Crippen LogP contribution is -2.21. The summed E-state index contributed by atoms with van der Waals surface area (Å²) in [5, 5.41) is 3.22. The van der Waals surface area contributed by atoms with Crippen LogP contribution in [0.4, 0.5) is 5.00 Å². The molecule has 1 aromatic carbocycles. The number of thiophene rings is 1. The number of amides is 1. The lowest BCUT2D eigenvalue weighted by atomic mass is 10.1. The van der Waals surface area contributed by atoms with Gasteiger partial charge in [0, 0.05) is 9.35 Å². The number of ether oxygens (including phenoxy) is 2. The van der Waals surface area contributed by atoms with E-state index in [9.17, 15) is 14.4 Å². The van der Waals surface area contributed by atoms with E-state index in [1.54, 1.807) is 18.2 Å². The van der Waals surface area contributed by atoms with Crippen molar-refractivity contribution in [1.29, 1.82) is 0 Å². The van der Waals surface area contributed by atoms with Gasteiger partial charge in [0.15, 0.2) is 12.9 Å². The summed E-state index contributed by atoms with van der Waals surface area (Å²) in [6.07, 6.45) is 3.37. The third kappa shape index (κ3) is 3.81. The van der Waals surface area contributed by atoms with Crippen LogP contribution in [0.3, 0.4) is 0 Å². The number of rotatable bonds is 6. The summed E-state index contributed by atoms with van der Waals surface area (Å²) in [4.78, 5) is 36.6. The van der Waals surface area contributed by atoms with Crippen molar-refractivity contribution in [3.63, 3.8) is 0 Å². The van der Waals surface area contributed by atoms with Gasteiger partial charge in [-0.1, -0.05) is 15.9 Å². The molecule has 0 bridgehead atoms. The van der Waals surface area contributed by atoms with Crippen molar-refractivity contribution >= 4 is 50.4 Å². The van der Waals surface area contributed by atoms with E-state index in [0.29, 0.717) is 28.2 Å². The molecule has 1 N–H and O–H groups in total. The Morgan fingerprint density at radius 1 is 1.35 bits per heavy atom. The Hall–Kier alpha value is -2.19. The lowest BCUT2D eigenvalue weighted by Gasteiger charge is -2.10. The molecule has 0 atom stereocenters. The van der Waals surface area contributed by atoms with Crippen LogP contribution in [-0.4, -0.2) is 31.9 Å². The fourth-order valence-corrected chi connectivity index (χ4v) is 4.53. The van der Waals surface area contributed by atoms with E-state index >= 15 is 0 Å². The second-order valence-electron chi connectivity index (χ2n) is 5.69. The summed E-state index contributed by atoms with van der Waals surface area (Å²) >= 11 is 4.68. The van der Waals surface area contributed by atoms with E-state index in [1.807, 2.05) is 0 Å². The van der Waals surface area contributed by atoms with E-state index in [0.717, 1.165) is 34.2 Å². The van der Waals surface area contributed by atoms with E-state index in [-0.39, 0.29) is 6.61 Å². The van der Waals surface area contributed by atoms with Gasteiger partial charge < -0.3 is 14.8 Å². The number of nitrogens with one attached hydrogen (secondary N) is 1. The lowest BCUT2D eigenvalue weighted by molar-refractivity contribution is -0.118. The molecule has 26 heavy (non-hydrogen) atoms. The van der Waals surface area contributed by atoms with Crippen LogP contribution in [0, 0.1) is 0 Å². The van der Waals surface area contributed by atoms with E-state index < -0.39 is 11.9 Å². The predicted molar refractivity (Wildman–Crippen MR) is 101 cm³/mol. The number of anilines is 1. The molecule has 2 aromatic rings. The molecule has 0 radical (unpaired) electrons. The van der Waals surface area contributed by atoms with Crippen LogP contribution in [-0.2, 0) is 22.4 Å². The first-order valence-corrected chi connectivity index (χ1v) is 9.54. The van der Waals surface area contributed by atoms with Gasteiger partial charge in [0.25, 0.3) is 5.91 Å². The minimum atomic E-state index is -0.447. The summed E-state index contributed by atoms with van der Waals surface area (Å²) in [6, 6.07) is 4.94. The Bertz CT molecular complexity index is 877. The van der Waals surface area contributed by atoms with E-state index in [1.165, 1.54) is 18.4 Å². The Labute approximate surface area is 162 Å². The molecule has 0 spiro atoms. The normalized spacial score (nSPS) is 12.4. The molecule has 3 rings (SSSR count). The summed E-state index contributed by atoms with van der Waals surface area (Å²) < 4.78 is 11.0. The van der Waals surface area contributed by atoms with Gasteiger partial charge in [-0.3, -0.25) is 9.59 Å². The Kier molecular flexibility index (Phi) is 5.73. The number of aldehydes is 1. The molecule has 1 amide bonds. The molecule has 136 valence electrons. The number of aryl methyl sites for hydroxylation is 1. The number of hydrogen-bond donors (Lipinski definition) is 1. The molecule has 1 aromatic heterocycles. The number of carbonyl (C=O) groups excluding carboxylic acids is 3. The van der Waals surface area contributed by atoms with Gasteiger partial charge in [0.2, 0.25) is 0 Å². The third-order valence-corrected chi connectivity index (χ3v) is 5.72. The zero-order chi connectivity index (χ0) is 18.7. The van der Waals surface area contributed by atoms with Gasteiger partial charge in [-0.05, 0) is 43.0 Å². The highest BCUT2D eigenvalue weighted by Gasteiger charge is 2.28. The van der Waals surface area contributed by atoms with Crippen molar-refractivity contribution in [2.24, 2.45) is 0 Å². The van der Waals surface area contributed by atoms with Crippen LogP contribution in [0.25, 0.3) is 0 Å². The maximum atomic E-state index is 12.3. The third-order valence-electron chi connectivity index (χ3n) is 4.02. The minimum Gasteiger partial charge on any atom is -0.483 e. The molecule has 0 aliphatic heterocycles. The van der Waals surface area contributed by atoms with Crippen molar-refractivity contribution in [1.82, 2.24) is 0 Å². The summed E-state index contributed by atoms with van der Waals surface area (Å²) in [5.74, 6) is -0.535. The molecule has 1 aliphatic carbocycles. The zero-order valence-corrected chi connectivity index (χ0v) is 16.4. The number of esters is 1. The van der Waals surface area contributed by atoms with Crippen LogP contribution < -0.4 is 10.1 Å². The number of methoxy groups -OCH3 is 1. The van der Waals surface area contributed by atoms with Crippen molar-refractivity contribution in [2.45, 2.75) is 19.3 Å². The molecule has 0 saturated carbocycles. The Morgan fingerprint density at radius 3 is 2.88 bits per heavy atom. The van der Waals surface area contributed by atoms with Gasteiger partial charge in [-0.2, -0.15) is 0 Å². The van der Waals surface area contributed by atoms with Gasteiger partial charge in [0.1, 0.15) is 10.8 Å². The van der Waals surface area contributed by atoms with Crippen LogP contribution >= 0.6 is 27.3 Å². The van der Waals surface area contributed by atoms with Crippen LogP contribution in [0.1, 0.15) is 37.6 Å². The maximum Gasteiger partial charge on any atom is 0.341 e. The highest BCUT2D eigenvalue weighted by molar-refractivity contribution is 9.10. The SMILES string of the molecule is COC(=O)c1c(NC(=O)COc2ccc(Br)cc2C=O)sc2c1CCC2. The minimum absolute atomic E-state index is 0.272. The highest BCUT2D eigenvalue weighted by atomic mass is 79.9. The smallest absolute Gasteiger partial charge is 0.341 e. The van der Waals surface area contributed by atoms with Gasteiger partial charge in [0.05, 0.1) is 18.2 Å². The monoisotopic (exact) mass is 437 g/mol. The molecular weight excluding hydrogens is 422 g/mol. The highest BCUT2D eigenvalue weighted by Crippen LogP contribution is 2.39. The second kappa shape index (κ2) is 8.01. The van der Waals surface area contributed by atoms with Gasteiger partial charge in [-0.15, -0.1) is 11.3 Å². The van der Waals surface area contributed by atoms with Crippen LogP contribution in [0.5, 0.6) is 5.75 Å². The van der Waals surface area contributed by atoms with Crippen LogP contribution in [0.15, 0.2) is 22.7 Å². The number of fused-ring (bicyclic) bond motifs is 1.